The number of nitrogens with zero attached hydrogens (tertiary/aromatic N) is 4. The van der Waals surface area contributed by atoms with Gasteiger partial charge >= 0.3 is 5.97 Å². The third kappa shape index (κ3) is 7.18. The van der Waals surface area contributed by atoms with Crippen LogP contribution < -0.4 is 16.0 Å². The summed E-state index contributed by atoms with van der Waals surface area (Å²) in [5.41, 5.74) is 2.85. The molecule has 3 aromatic rings. The first kappa shape index (κ1) is 32.9. The number of imide groups is 1. The SMILES string of the molecule is COC(=O)C[C@@H]1N=C(c2ccc(Cl)cc2)c2c(sc(C(=O)NCCCCCC(=O)NC3CCC(=O)NC3=O)c2C)-n2c(C)nnc21.[HH].[HH].[HH]. The Morgan fingerprint density at radius 3 is 2.61 bits per heavy atom. The monoisotopic (exact) mass is 673 g/mol. The van der Waals surface area contributed by atoms with Crippen molar-refractivity contribution in [3.8, 4) is 5.00 Å². The molecule has 46 heavy (non-hydrogen) atoms. The number of amides is 4. The summed E-state index contributed by atoms with van der Waals surface area (Å²) in [4.78, 5) is 66.7. The van der Waals surface area contributed by atoms with E-state index in [1.54, 1.807) is 12.1 Å². The lowest BCUT2D eigenvalue weighted by molar-refractivity contribution is -0.141. The highest BCUT2D eigenvalue weighted by molar-refractivity contribution is 7.17. The number of carbonyl (C=O) groups is 5. The molecule has 0 spiro atoms. The molecular formula is C31H40ClN7O6S. The fourth-order valence-corrected chi connectivity index (χ4v) is 6.85. The molecule has 0 bridgehead atoms. The summed E-state index contributed by atoms with van der Waals surface area (Å²) >= 11 is 7.48. The molecule has 15 heteroatoms. The molecule has 2 aromatic heterocycles. The number of nitrogens with one attached hydrogen (secondary N) is 3. The highest BCUT2D eigenvalue weighted by Gasteiger charge is 2.34. The number of aryl methyl sites for hydroxylation is 1. The summed E-state index contributed by atoms with van der Waals surface area (Å²) in [6.45, 7) is 4.09. The van der Waals surface area contributed by atoms with Gasteiger partial charge in [0.05, 0.1) is 24.1 Å². The summed E-state index contributed by atoms with van der Waals surface area (Å²) in [7, 11) is 1.33. The Kier molecular flexibility index (Phi) is 10.3. The van der Waals surface area contributed by atoms with E-state index < -0.39 is 24.0 Å². The molecule has 0 radical (unpaired) electrons. The Balaban J connectivity index is 0.00000278. The van der Waals surface area contributed by atoms with Crippen molar-refractivity contribution in [1.29, 1.82) is 0 Å². The van der Waals surface area contributed by atoms with Crippen LogP contribution in [0.3, 0.4) is 0 Å². The zero-order valence-corrected chi connectivity index (χ0v) is 27.2. The van der Waals surface area contributed by atoms with Crippen molar-refractivity contribution in [2.24, 2.45) is 4.99 Å². The Bertz CT molecular complexity index is 1730. The number of fused-ring (bicyclic) bond motifs is 3. The number of esters is 1. The second kappa shape index (κ2) is 14.3. The Morgan fingerprint density at radius 2 is 1.89 bits per heavy atom. The Labute approximate surface area is 278 Å². The molecule has 4 amide bonds. The lowest BCUT2D eigenvalue weighted by Gasteiger charge is -2.21. The smallest absolute Gasteiger partial charge is 0.308 e. The van der Waals surface area contributed by atoms with E-state index in [2.05, 4.69) is 26.1 Å². The average molecular weight is 674 g/mol. The summed E-state index contributed by atoms with van der Waals surface area (Å²) in [5, 5.41) is 17.8. The minimum Gasteiger partial charge on any atom is -0.469 e. The number of hydrogen-bond acceptors (Lipinski definition) is 10. The number of aliphatic imine (C=N–C) groups is 1. The Morgan fingerprint density at radius 1 is 1.13 bits per heavy atom. The van der Waals surface area contributed by atoms with Crippen LogP contribution in [-0.4, -0.2) is 69.8 Å². The van der Waals surface area contributed by atoms with Gasteiger partial charge in [0.2, 0.25) is 17.7 Å². The van der Waals surface area contributed by atoms with Gasteiger partial charge in [-0.25, -0.2) is 0 Å². The van der Waals surface area contributed by atoms with E-state index in [0.29, 0.717) is 59.5 Å². The molecule has 1 unspecified atom stereocenters. The molecule has 2 aliphatic heterocycles. The van der Waals surface area contributed by atoms with E-state index in [1.165, 1.54) is 18.4 Å². The van der Waals surface area contributed by atoms with E-state index >= 15 is 0 Å². The van der Waals surface area contributed by atoms with E-state index in [0.717, 1.165) is 21.7 Å². The zero-order chi connectivity index (χ0) is 33.0. The van der Waals surface area contributed by atoms with Crippen LogP contribution in [0, 0.1) is 13.8 Å². The molecule has 3 N–H and O–H groups in total. The topological polar surface area (TPSA) is 174 Å². The molecule has 13 nitrogen and oxygen atoms in total. The van der Waals surface area contributed by atoms with Gasteiger partial charge in [0, 0.05) is 39.8 Å². The molecule has 4 heterocycles. The van der Waals surface area contributed by atoms with Crippen LogP contribution in [0.5, 0.6) is 0 Å². The molecule has 5 rings (SSSR count). The summed E-state index contributed by atoms with van der Waals surface area (Å²) < 4.78 is 6.79. The van der Waals surface area contributed by atoms with Gasteiger partial charge in [-0.05, 0) is 50.8 Å². The number of thiophene rings is 1. The van der Waals surface area contributed by atoms with E-state index in [4.69, 9.17) is 21.3 Å². The van der Waals surface area contributed by atoms with E-state index in [9.17, 15) is 24.0 Å². The highest BCUT2D eigenvalue weighted by atomic mass is 35.5. The third-order valence-electron chi connectivity index (χ3n) is 7.85. The number of piperidine rings is 1. The normalized spacial score (nSPS) is 17.3. The molecule has 0 aliphatic carbocycles. The van der Waals surface area contributed by atoms with E-state index in [-0.39, 0.29) is 41.3 Å². The predicted molar refractivity (Wildman–Crippen MR) is 177 cm³/mol. The molecule has 248 valence electrons. The van der Waals surface area contributed by atoms with Gasteiger partial charge < -0.3 is 15.4 Å². The van der Waals surface area contributed by atoms with Crippen LogP contribution in [0.2, 0.25) is 5.02 Å². The van der Waals surface area contributed by atoms with Crippen LogP contribution in [0.25, 0.3) is 5.00 Å². The third-order valence-corrected chi connectivity index (χ3v) is 9.38. The largest absolute Gasteiger partial charge is 0.469 e. The van der Waals surface area contributed by atoms with Crippen molar-refractivity contribution in [2.75, 3.05) is 13.7 Å². The van der Waals surface area contributed by atoms with Gasteiger partial charge in [-0.1, -0.05) is 30.2 Å². The van der Waals surface area contributed by atoms with Crippen molar-refractivity contribution in [3.05, 3.63) is 62.5 Å². The number of aromatic nitrogens is 3. The lowest BCUT2D eigenvalue weighted by atomic mass is 9.99. The molecule has 1 fully saturated rings. The molecule has 2 atom stereocenters. The molecule has 2 aliphatic rings. The summed E-state index contributed by atoms with van der Waals surface area (Å²) in [6.07, 6.45) is 2.65. The van der Waals surface area contributed by atoms with Gasteiger partial charge in [-0.2, -0.15) is 0 Å². The molecule has 1 aromatic carbocycles. The van der Waals surface area contributed by atoms with Crippen molar-refractivity contribution < 1.29 is 33.0 Å². The number of methoxy groups -OCH3 is 1. The summed E-state index contributed by atoms with van der Waals surface area (Å²) in [5.74, 6) is -0.657. The van der Waals surface area contributed by atoms with Crippen LogP contribution in [0.4, 0.5) is 0 Å². The number of unbranched alkanes of at least 4 members (excludes halogenated alkanes) is 2. The maximum Gasteiger partial charge on any atom is 0.308 e. The number of ether oxygens (including phenoxy) is 1. The second-order valence-corrected chi connectivity index (χ2v) is 12.5. The van der Waals surface area contributed by atoms with Crippen molar-refractivity contribution in [1.82, 2.24) is 30.7 Å². The van der Waals surface area contributed by atoms with Gasteiger partial charge in [0.1, 0.15) is 22.9 Å². The minimum atomic E-state index is -0.685. The standard InChI is InChI=1S/C31H34ClN7O6S.3H2/c1-16-25-26(18-8-10-19(32)11-9-18)35-21(15-24(42)45-3)28-38-37-17(2)39(28)31(25)46-27(16)30(44)33-14-6-4-5-7-22(40)34-20-12-13-23(41)36-29(20)43;;;/h8-11,20-21H,4-7,12-15H2,1-3H3,(H,33,44)(H,34,40)(H,36,41,43);3*1H/t20?,21-;;;/m0.../s1. The van der Waals surface area contributed by atoms with Gasteiger partial charge in [0.25, 0.3) is 5.91 Å². The van der Waals surface area contributed by atoms with Crippen LogP contribution in [-0.2, 0) is 23.9 Å². The van der Waals surface area contributed by atoms with Gasteiger partial charge in [-0.15, -0.1) is 21.5 Å². The van der Waals surface area contributed by atoms with Crippen molar-refractivity contribution in [3.63, 3.8) is 0 Å². The van der Waals surface area contributed by atoms with Gasteiger partial charge in [-0.3, -0.25) is 38.8 Å². The number of carbonyl (C=O) groups excluding carboxylic acids is 5. The average Bonchev–Trinajstić information content (AvgIpc) is 3.53. The number of rotatable bonds is 11. The van der Waals surface area contributed by atoms with E-state index in [1.807, 2.05) is 30.5 Å². The van der Waals surface area contributed by atoms with Crippen LogP contribution in [0.15, 0.2) is 29.3 Å². The van der Waals surface area contributed by atoms with Crippen molar-refractivity contribution >= 4 is 58.2 Å². The quantitative estimate of drug-likeness (QED) is 0.156. The summed E-state index contributed by atoms with van der Waals surface area (Å²) in [6, 6.07) is 5.87. The Hall–Kier alpha value is -4.43. The predicted octanol–water partition coefficient (Wildman–Crippen LogP) is 4.00. The highest BCUT2D eigenvalue weighted by Crippen LogP contribution is 2.40. The lowest BCUT2D eigenvalue weighted by Crippen LogP contribution is -2.52. The van der Waals surface area contributed by atoms with Gasteiger partial charge in [0.15, 0.2) is 5.82 Å². The number of halogens is 1. The first-order valence-corrected chi connectivity index (χ1v) is 16.1. The van der Waals surface area contributed by atoms with Crippen LogP contribution in [0.1, 0.15) is 93.3 Å². The molecule has 0 saturated carbocycles. The first-order valence-electron chi connectivity index (χ1n) is 14.9. The number of benzene rings is 1. The minimum absolute atomic E-state index is 0. The first-order chi connectivity index (χ1) is 22.1. The fourth-order valence-electron chi connectivity index (χ4n) is 5.45. The zero-order valence-electron chi connectivity index (χ0n) is 25.6. The molecular weight excluding hydrogens is 634 g/mol. The fraction of sp³-hybridized carbons (Fsp3) is 0.419. The maximum atomic E-state index is 13.5. The second-order valence-electron chi connectivity index (χ2n) is 11.1. The van der Waals surface area contributed by atoms with Crippen molar-refractivity contribution in [2.45, 2.75) is 70.9 Å². The molecule has 1 saturated heterocycles. The number of hydrogen-bond donors (Lipinski definition) is 3. The van der Waals surface area contributed by atoms with Crippen LogP contribution >= 0.6 is 22.9 Å². The maximum absolute atomic E-state index is 13.5.